The number of ether oxygens (including phenoxy) is 3. The molecule has 1 aliphatic rings. The van der Waals surface area contributed by atoms with Crippen molar-refractivity contribution in [2.24, 2.45) is 0 Å². The van der Waals surface area contributed by atoms with Gasteiger partial charge in [-0.05, 0) is 53.6 Å². The number of carbonyl (C=O) groups is 2. The molecule has 1 N–H and O–H groups in total. The first-order valence-corrected chi connectivity index (χ1v) is 9.16. The topological polar surface area (TPSA) is 73.9 Å². The van der Waals surface area contributed by atoms with E-state index in [2.05, 4.69) is 5.32 Å². The minimum absolute atomic E-state index is 0.189. The first kappa shape index (κ1) is 18.6. The van der Waals surface area contributed by atoms with Crippen molar-refractivity contribution in [2.45, 2.75) is 13.0 Å². The van der Waals surface area contributed by atoms with Crippen molar-refractivity contribution >= 4 is 34.4 Å². The van der Waals surface area contributed by atoms with Crippen molar-refractivity contribution < 1.29 is 23.8 Å². The molecule has 0 radical (unpaired) electrons. The van der Waals surface area contributed by atoms with Gasteiger partial charge in [0.1, 0.15) is 0 Å². The summed E-state index contributed by atoms with van der Waals surface area (Å²) >= 11 is 0. The van der Waals surface area contributed by atoms with E-state index >= 15 is 0 Å². The van der Waals surface area contributed by atoms with Crippen LogP contribution in [0.5, 0.6) is 11.5 Å². The third-order valence-electron chi connectivity index (χ3n) is 4.49. The monoisotopic (exact) mass is 389 g/mol. The summed E-state index contributed by atoms with van der Waals surface area (Å²) < 4.78 is 15.7. The number of benzene rings is 3. The molecule has 0 bridgehead atoms. The van der Waals surface area contributed by atoms with Gasteiger partial charge >= 0.3 is 5.97 Å². The Hall–Kier alpha value is -3.80. The van der Waals surface area contributed by atoms with Crippen LogP contribution in [0.15, 0.2) is 66.7 Å². The largest absolute Gasteiger partial charge is 0.454 e. The highest BCUT2D eigenvalue weighted by Crippen LogP contribution is 2.32. The van der Waals surface area contributed by atoms with Gasteiger partial charge in [0.15, 0.2) is 17.6 Å². The molecule has 146 valence electrons. The summed E-state index contributed by atoms with van der Waals surface area (Å²) in [5.74, 6) is 0.293. The van der Waals surface area contributed by atoms with E-state index in [0.29, 0.717) is 17.2 Å². The standard InChI is InChI=1S/C23H19NO5/c1-15(23(26)24-19-9-8-17-4-2-3-5-18(17)13-19)29-22(25)11-7-16-6-10-20-21(12-16)28-14-27-20/h2-13,15H,14H2,1H3,(H,24,26)/b11-7+/t15-/m0/s1. The van der Waals surface area contributed by atoms with Gasteiger partial charge in [0.25, 0.3) is 5.91 Å². The molecule has 1 aliphatic heterocycles. The first-order chi connectivity index (χ1) is 14.1. The molecule has 0 fully saturated rings. The third kappa shape index (κ3) is 4.38. The van der Waals surface area contributed by atoms with Gasteiger partial charge in [0.05, 0.1) is 0 Å². The summed E-state index contributed by atoms with van der Waals surface area (Å²) in [5, 5.41) is 4.87. The fourth-order valence-corrected chi connectivity index (χ4v) is 2.96. The Balaban J connectivity index is 1.34. The molecule has 0 unspecified atom stereocenters. The van der Waals surface area contributed by atoms with Gasteiger partial charge in [-0.3, -0.25) is 4.79 Å². The van der Waals surface area contributed by atoms with Crippen LogP contribution >= 0.6 is 0 Å². The SMILES string of the molecule is C[C@H](OC(=O)/C=C/c1ccc2c(c1)OCO2)C(=O)Nc1ccc2ccccc2c1. The van der Waals surface area contributed by atoms with E-state index in [1.165, 1.54) is 13.0 Å². The number of esters is 1. The lowest BCUT2D eigenvalue weighted by Crippen LogP contribution is -2.29. The third-order valence-corrected chi connectivity index (χ3v) is 4.49. The fraction of sp³-hybridized carbons (Fsp3) is 0.130. The summed E-state index contributed by atoms with van der Waals surface area (Å²) in [6, 6.07) is 18.8. The Morgan fingerprint density at radius 2 is 1.79 bits per heavy atom. The molecule has 4 rings (SSSR count). The van der Waals surface area contributed by atoms with Crippen molar-refractivity contribution in [3.63, 3.8) is 0 Å². The second-order valence-electron chi connectivity index (χ2n) is 6.58. The van der Waals surface area contributed by atoms with Crippen LogP contribution < -0.4 is 14.8 Å². The van der Waals surface area contributed by atoms with Gasteiger partial charge in [0, 0.05) is 11.8 Å². The smallest absolute Gasteiger partial charge is 0.331 e. The van der Waals surface area contributed by atoms with Crippen molar-refractivity contribution in [3.8, 4) is 11.5 Å². The van der Waals surface area contributed by atoms with Crippen LogP contribution in [0.25, 0.3) is 16.8 Å². The summed E-state index contributed by atoms with van der Waals surface area (Å²) in [7, 11) is 0. The lowest BCUT2D eigenvalue weighted by molar-refractivity contribution is -0.148. The number of nitrogens with one attached hydrogen (secondary N) is 1. The molecular weight excluding hydrogens is 370 g/mol. The predicted molar refractivity (Wildman–Crippen MR) is 110 cm³/mol. The zero-order valence-electron chi connectivity index (χ0n) is 15.8. The Morgan fingerprint density at radius 3 is 2.66 bits per heavy atom. The number of amides is 1. The predicted octanol–water partition coefficient (Wildman–Crippen LogP) is 4.15. The molecule has 1 amide bonds. The molecule has 3 aromatic rings. The van der Waals surface area contributed by atoms with Crippen LogP contribution in [-0.4, -0.2) is 24.8 Å². The van der Waals surface area contributed by atoms with Crippen LogP contribution in [-0.2, 0) is 14.3 Å². The van der Waals surface area contributed by atoms with E-state index in [0.717, 1.165) is 16.3 Å². The average molecular weight is 389 g/mol. The van der Waals surface area contributed by atoms with E-state index in [1.807, 2.05) is 42.5 Å². The Labute approximate surface area is 167 Å². The average Bonchev–Trinajstić information content (AvgIpc) is 3.20. The van der Waals surface area contributed by atoms with Gasteiger partial charge < -0.3 is 19.5 Å². The van der Waals surface area contributed by atoms with Gasteiger partial charge in [0.2, 0.25) is 6.79 Å². The second kappa shape index (κ2) is 8.06. The van der Waals surface area contributed by atoms with Gasteiger partial charge in [-0.15, -0.1) is 0 Å². The summed E-state index contributed by atoms with van der Waals surface area (Å²) in [5.41, 5.74) is 1.41. The van der Waals surface area contributed by atoms with Crippen LogP contribution in [0.2, 0.25) is 0 Å². The Morgan fingerprint density at radius 1 is 1.00 bits per heavy atom. The summed E-state index contributed by atoms with van der Waals surface area (Å²) in [4.78, 5) is 24.4. The Bertz CT molecular complexity index is 1110. The van der Waals surface area contributed by atoms with Crippen LogP contribution in [0.1, 0.15) is 12.5 Å². The maximum absolute atomic E-state index is 12.3. The molecule has 1 heterocycles. The molecule has 6 nitrogen and oxygen atoms in total. The maximum atomic E-state index is 12.3. The van der Waals surface area contributed by atoms with Gasteiger partial charge in [-0.25, -0.2) is 4.79 Å². The van der Waals surface area contributed by atoms with E-state index < -0.39 is 18.0 Å². The van der Waals surface area contributed by atoms with Crippen LogP contribution in [0.4, 0.5) is 5.69 Å². The van der Waals surface area contributed by atoms with E-state index in [9.17, 15) is 9.59 Å². The Kier molecular flexibility index (Phi) is 5.16. The number of rotatable bonds is 5. The highest BCUT2D eigenvalue weighted by atomic mass is 16.7. The molecule has 0 saturated heterocycles. The van der Waals surface area contributed by atoms with Crippen LogP contribution in [0.3, 0.4) is 0 Å². The molecule has 0 saturated carbocycles. The van der Waals surface area contributed by atoms with E-state index in [1.54, 1.807) is 24.3 Å². The second-order valence-corrected chi connectivity index (χ2v) is 6.58. The summed E-state index contributed by atoms with van der Waals surface area (Å²) in [6.45, 7) is 1.72. The van der Waals surface area contributed by atoms with Crippen molar-refractivity contribution in [3.05, 3.63) is 72.3 Å². The normalized spacial score (nSPS) is 13.4. The fourth-order valence-electron chi connectivity index (χ4n) is 2.96. The minimum Gasteiger partial charge on any atom is -0.454 e. The number of fused-ring (bicyclic) bond motifs is 2. The van der Waals surface area contributed by atoms with Crippen molar-refractivity contribution in [1.29, 1.82) is 0 Å². The van der Waals surface area contributed by atoms with Gasteiger partial charge in [-0.1, -0.05) is 36.4 Å². The molecule has 29 heavy (non-hydrogen) atoms. The van der Waals surface area contributed by atoms with E-state index in [-0.39, 0.29) is 6.79 Å². The lowest BCUT2D eigenvalue weighted by atomic mass is 10.1. The van der Waals surface area contributed by atoms with Crippen molar-refractivity contribution in [1.82, 2.24) is 0 Å². The maximum Gasteiger partial charge on any atom is 0.331 e. The quantitative estimate of drug-likeness (QED) is 0.524. The molecule has 0 aliphatic carbocycles. The zero-order valence-corrected chi connectivity index (χ0v) is 15.8. The lowest BCUT2D eigenvalue weighted by Gasteiger charge is -2.13. The summed E-state index contributed by atoms with van der Waals surface area (Å²) in [6.07, 6.45) is 1.94. The zero-order chi connectivity index (χ0) is 20.2. The number of hydrogen-bond donors (Lipinski definition) is 1. The number of anilines is 1. The highest BCUT2D eigenvalue weighted by Gasteiger charge is 2.17. The number of carbonyl (C=O) groups excluding carboxylic acids is 2. The molecule has 1 atom stereocenters. The highest BCUT2D eigenvalue weighted by molar-refractivity contribution is 5.98. The molecular formula is C23H19NO5. The van der Waals surface area contributed by atoms with Crippen LogP contribution in [0, 0.1) is 0 Å². The van der Waals surface area contributed by atoms with E-state index in [4.69, 9.17) is 14.2 Å². The molecule has 0 aromatic heterocycles. The first-order valence-electron chi connectivity index (χ1n) is 9.16. The van der Waals surface area contributed by atoms with Gasteiger partial charge in [-0.2, -0.15) is 0 Å². The minimum atomic E-state index is -0.935. The van der Waals surface area contributed by atoms with Crippen molar-refractivity contribution in [2.75, 3.05) is 12.1 Å². The molecule has 0 spiro atoms. The number of hydrogen-bond acceptors (Lipinski definition) is 5. The molecule has 6 heteroatoms. The molecule has 3 aromatic carbocycles.